The predicted molar refractivity (Wildman–Crippen MR) is 82.9 cm³/mol. The minimum absolute atomic E-state index is 0.265. The summed E-state index contributed by atoms with van der Waals surface area (Å²) in [5.74, 6) is -0.415. The summed E-state index contributed by atoms with van der Waals surface area (Å²) >= 11 is 3.05. The molecule has 0 aliphatic carbocycles. The van der Waals surface area contributed by atoms with Gasteiger partial charge in [-0.25, -0.2) is 9.18 Å². The number of nitrogens with two attached hydrogens (primary N) is 1. The zero-order chi connectivity index (χ0) is 15.8. The molecule has 1 aromatic rings. The Morgan fingerprint density at radius 3 is 2.57 bits per heavy atom. The number of hydrogen-bond donors (Lipinski definition) is 1. The lowest BCUT2D eigenvalue weighted by atomic mass is 10.2. The number of anilines is 1. The molecule has 1 aromatic carbocycles. The summed E-state index contributed by atoms with van der Waals surface area (Å²) in [6, 6.07) is 4.48. The number of nitrogens with zero attached hydrogens (tertiary/aromatic N) is 1. The Morgan fingerprint density at radius 2 is 2.14 bits per heavy atom. The molecule has 2 rings (SSSR count). The summed E-state index contributed by atoms with van der Waals surface area (Å²) in [4.78, 5) is 12.8. The van der Waals surface area contributed by atoms with Gasteiger partial charge in [0.05, 0.1) is 16.7 Å². The van der Waals surface area contributed by atoms with Crippen LogP contribution in [-0.2, 0) is 9.47 Å². The Hall–Kier alpha value is -1.18. The third-order valence-electron chi connectivity index (χ3n) is 2.76. The molecule has 21 heavy (non-hydrogen) atoms. The van der Waals surface area contributed by atoms with Crippen molar-refractivity contribution in [2.75, 3.05) is 31.2 Å². The van der Waals surface area contributed by atoms with Crippen LogP contribution < -0.4 is 10.6 Å². The zero-order valence-electron chi connectivity index (χ0n) is 12.1. The molecule has 1 amide bonds. The summed E-state index contributed by atoms with van der Waals surface area (Å²) in [5.41, 5.74) is 5.88. The van der Waals surface area contributed by atoms with E-state index in [1.54, 1.807) is 12.1 Å². The number of benzene rings is 1. The van der Waals surface area contributed by atoms with E-state index in [0.29, 0.717) is 16.7 Å². The van der Waals surface area contributed by atoms with Crippen molar-refractivity contribution in [3.63, 3.8) is 0 Å². The SMILES string of the molecule is CCOCC.NC[C@H]1CN(c2ccc(Br)c(F)c2)C(=O)O1. The van der Waals surface area contributed by atoms with Crippen molar-refractivity contribution in [1.29, 1.82) is 0 Å². The van der Waals surface area contributed by atoms with Crippen LogP contribution in [0, 0.1) is 5.82 Å². The van der Waals surface area contributed by atoms with E-state index in [2.05, 4.69) is 15.9 Å². The number of halogens is 2. The molecule has 118 valence electrons. The minimum atomic E-state index is -0.489. The first-order valence-electron chi connectivity index (χ1n) is 6.74. The number of hydrogen-bond acceptors (Lipinski definition) is 4. The molecule has 1 aliphatic heterocycles. The van der Waals surface area contributed by atoms with E-state index in [4.69, 9.17) is 15.2 Å². The fourth-order valence-electron chi connectivity index (χ4n) is 1.71. The molecule has 5 nitrogen and oxygen atoms in total. The van der Waals surface area contributed by atoms with Crippen LogP contribution in [0.5, 0.6) is 0 Å². The highest BCUT2D eigenvalue weighted by atomic mass is 79.9. The third kappa shape index (κ3) is 5.26. The van der Waals surface area contributed by atoms with Gasteiger partial charge >= 0.3 is 6.09 Å². The number of carbonyl (C=O) groups excluding carboxylic acids is 1. The number of amides is 1. The minimum Gasteiger partial charge on any atom is -0.443 e. The van der Waals surface area contributed by atoms with Crippen LogP contribution in [0.15, 0.2) is 22.7 Å². The van der Waals surface area contributed by atoms with Crippen LogP contribution in [0.25, 0.3) is 0 Å². The Balaban J connectivity index is 0.000000383. The molecule has 2 N–H and O–H groups in total. The highest BCUT2D eigenvalue weighted by Crippen LogP contribution is 2.25. The van der Waals surface area contributed by atoms with Gasteiger partial charge < -0.3 is 15.2 Å². The molecular formula is C14H20BrFN2O3. The Bertz CT molecular complexity index is 472. The van der Waals surface area contributed by atoms with Gasteiger partial charge in [0.1, 0.15) is 11.9 Å². The highest BCUT2D eigenvalue weighted by Gasteiger charge is 2.31. The Morgan fingerprint density at radius 1 is 1.48 bits per heavy atom. The standard InChI is InChI=1S/C10H10BrFN2O2.C4H10O/c11-8-2-1-6(3-9(8)12)14-5-7(4-13)16-10(14)15;1-3-5-4-2/h1-3,7H,4-5,13H2;3-4H2,1-2H3/t7-;/m0./s1. The smallest absolute Gasteiger partial charge is 0.414 e. The van der Waals surface area contributed by atoms with Crippen molar-refractivity contribution in [2.24, 2.45) is 5.73 Å². The molecule has 7 heteroatoms. The van der Waals surface area contributed by atoms with Gasteiger partial charge in [0, 0.05) is 19.8 Å². The molecule has 1 atom stereocenters. The van der Waals surface area contributed by atoms with E-state index in [1.807, 2.05) is 13.8 Å². The van der Waals surface area contributed by atoms with Gasteiger partial charge in [-0.3, -0.25) is 4.90 Å². The second-order valence-electron chi connectivity index (χ2n) is 4.23. The van der Waals surface area contributed by atoms with E-state index >= 15 is 0 Å². The van der Waals surface area contributed by atoms with Crippen LogP contribution in [0.3, 0.4) is 0 Å². The summed E-state index contributed by atoms with van der Waals surface area (Å²) in [6.07, 6.45) is -0.809. The van der Waals surface area contributed by atoms with E-state index in [1.165, 1.54) is 11.0 Å². The van der Waals surface area contributed by atoms with Gasteiger partial charge in [-0.2, -0.15) is 0 Å². The summed E-state index contributed by atoms with van der Waals surface area (Å²) in [5, 5.41) is 0. The molecule has 0 aromatic heterocycles. The number of cyclic esters (lactones) is 1. The maximum absolute atomic E-state index is 13.3. The van der Waals surface area contributed by atoms with Gasteiger partial charge in [0.15, 0.2) is 0 Å². The summed E-state index contributed by atoms with van der Waals surface area (Å²) in [7, 11) is 0. The molecular weight excluding hydrogens is 343 g/mol. The first kappa shape index (κ1) is 17.9. The fourth-order valence-corrected chi connectivity index (χ4v) is 1.96. The molecule has 0 bridgehead atoms. The van der Waals surface area contributed by atoms with Crippen LogP contribution in [0.2, 0.25) is 0 Å². The first-order chi connectivity index (χ1) is 10.0. The molecule has 1 heterocycles. The normalized spacial score (nSPS) is 17.3. The van der Waals surface area contributed by atoms with Crippen molar-refractivity contribution >= 4 is 27.7 Å². The first-order valence-corrected chi connectivity index (χ1v) is 7.53. The Kier molecular flexibility index (Phi) is 7.63. The summed E-state index contributed by atoms with van der Waals surface area (Å²) in [6.45, 7) is 6.29. The van der Waals surface area contributed by atoms with Crippen molar-refractivity contribution in [2.45, 2.75) is 20.0 Å². The Labute approximate surface area is 132 Å². The van der Waals surface area contributed by atoms with Crippen molar-refractivity contribution in [3.8, 4) is 0 Å². The molecule has 0 saturated carbocycles. The lowest BCUT2D eigenvalue weighted by Gasteiger charge is -2.12. The predicted octanol–water partition coefficient (Wildman–Crippen LogP) is 2.91. The van der Waals surface area contributed by atoms with Gasteiger partial charge in [-0.1, -0.05) is 0 Å². The van der Waals surface area contributed by atoms with Crippen LogP contribution in [0.4, 0.5) is 14.9 Å². The highest BCUT2D eigenvalue weighted by molar-refractivity contribution is 9.10. The van der Waals surface area contributed by atoms with Crippen molar-refractivity contribution in [1.82, 2.24) is 0 Å². The molecule has 1 aliphatic rings. The molecule has 1 fully saturated rings. The van der Waals surface area contributed by atoms with Crippen LogP contribution in [0.1, 0.15) is 13.8 Å². The van der Waals surface area contributed by atoms with Crippen molar-refractivity contribution in [3.05, 3.63) is 28.5 Å². The monoisotopic (exact) mass is 362 g/mol. The van der Waals surface area contributed by atoms with Gasteiger partial charge in [-0.15, -0.1) is 0 Å². The molecule has 0 spiro atoms. The third-order valence-corrected chi connectivity index (χ3v) is 3.40. The lowest BCUT2D eigenvalue weighted by molar-refractivity contribution is 0.145. The maximum atomic E-state index is 13.3. The maximum Gasteiger partial charge on any atom is 0.414 e. The van der Waals surface area contributed by atoms with E-state index in [0.717, 1.165) is 13.2 Å². The quantitative estimate of drug-likeness (QED) is 0.894. The van der Waals surface area contributed by atoms with Crippen LogP contribution >= 0.6 is 15.9 Å². The van der Waals surface area contributed by atoms with Crippen LogP contribution in [-0.4, -0.2) is 38.5 Å². The van der Waals surface area contributed by atoms with Gasteiger partial charge in [0.25, 0.3) is 0 Å². The molecule has 1 saturated heterocycles. The lowest BCUT2D eigenvalue weighted by Crippen LogP contribution is -2.27. The number of carbonyl (C=O) groups is 1. The average Bonchev–Trinajstić information content (AvgIpc) is 2.85. The van der Waals surface area contributed by atoms with Crippen molar-refractivity contribution < 1.29 is 18.7 Å². The number of ether oxygens (including phenoxy) is 2. The average molecular weight is 363 g/mol. The molecule has 0 unspecified atom stereocenters. The zero-order valence-corrected chi connectivity index (χ0v) is 13.7. The van der Waals surface area contributed by atoms with Gasteiger partial charge in [0.2, 0.25) is 0 Å². The fraction of sp³-hybridized carbons (Fsp3) is 0.500. The van der Waals surface area contributed by atoms with Gasteiger partial charge in [-0.05, 0) is 48.0 Å². The van der Waals surface area contributed by atoms with E-state index in [9.17, 15) is 9.18 Å². The summed E-state index contributed by atoms with van der Waals surface area (Å²) < 4.78 is 23.5. The largest absolute Gasteiger partial charge is 0.443 e. The second kappa shape index (κ2) is 8.96. The van der Waals surface area contributed by atoms with E-state index < -0.39 is 11.9 Å². The second-order valence-corrected chi connectivity index (χ2v) is 5.09. The van der Waals surface area contributed by atoms with E-state index in [-0.39, 0.29) is 12.6 Å². The molecule has 0 radical (unpaired) electrons. The topological polar surface area (TPSA) is 64.8 Å². The number of rotatable bonds is 4.